The quantitative estimate of drug-likeness (QED) is 0.891. The van der Waals surface area contributed by atoms with Crippen LogP contribution in [0.15, 0.2) is 34.2 Å². The van der Waals surface area contributed by atoms with Gasteiger partial charge in [0.2, 0.25) is 0 Å². The van der Waals surface area contributed by atoms with Crippen LogP contribution < -0.4 is 15.7 Å². The number of thioether (sulfide) groups is 1. The molecule has 0 fully saturated rings. The largest absolute Gasteiger partial charge is 0.492 e. The third-order valence-corrected chi connectivity index (χ3v) is 4.84. The van der Waals surface area contributed by atoms with Gasteiger partial charge >= 0.3 is 5.69 Å². The Morgan fingerprint density at radius 2 is 2.33 bits per heavy atom. The first-order valence-electron chi connectivity index (χ1n) is 6.94. The van der Waals surface area contributed by atoms with Gasteiger partial charge in [-0.2, -0.15) is 0 Å². The number of nitrogens with one attached hydrogen (secondary N) is 2. The van der Waals surface area contributed by atoms with Crippen LogP contribution >= 0.6 is 11.8 Å². The highest BCUT2D eigenvalue weighted by Crippen LogP contribution is 2.38. The van der Waals surface area contributed by atoms with Gasteiger partial charge in [-0.1, -0.05) is 36.9 Å². The summed E-state index contributed by atoms with van der Waals surface area (Å²) in [5.41, 5.74) is 0.957. The van der Waals surface area contributed by atoms with Crippen molar-refractivity contribution in [2.75, 3.05) is 13.2 Å². The molecule has 1 aliphatic rings. The third-order valence-electron chi connectivity index (χ3n) is 3.55. The van der Waals surface area contributed by atoms with Crippen molar-refractivity contribution in [2.45, 2.75) is 23.4 Å². The van der Waals surface area contributed by atoms with E-state index in [9.17, 15) is 4.79 Å². The normalized spacial score (nSPS) is 20.9. The Hall–Kier alpha value is -1.73. The molecule has 2 aromatic rings. The fourth-order valence-electron chi connectivity index (χ4n) is 2.47. The lowest BCUT2D eigenvalue weighted by Crippen LogP contribution is -2.37. The maximum absolute atomic E-state index is 11.5. The van der Waals surface area contributed by atoms with E-state index >= 15 is 0 Å². The topological polar surface area (TPSA) is 71.9 Å². The number of hydrogen-bond donors (Lipinski definition) is 2. The SMILES string of the molecule is CCNC1c2ccccc2OCC1Sc1n[nH]c(=O)n1C. The average molecular weight is 306 g/mol. The lowest BCUT2D eigenvalue weighted by molar-refractivity contribution is 0.261. The molecular formula is C14H18N4O2S. The molecule has 0 bridgehead atoms. The predicted molar refractivity (Wildman–Crippen MR) is 81.8 cm³/mol. The third kappa shape index (κ3) is 2.71. The van der Waals surface area contributed by atoms with Crippen molar-refractivity contribution >= 4 is 11.8 Å². The standard InChI is InChI=1S/C14H18N4O2S/c1-3-15-12-9-6-4-5-7-10(9)20-8-11(12)21-14-17-16-13(19)18(14)2/h4-7,11-12,15H,3,8H2,1-2H3,(H,16,19). The smallest absolute Gasteiger partial charge is 0.343 e. The van der Waals surface area contributed by atoms with Crippen molar-refractivity contribution in [3.63, 3.8) is 0 Å². The molecule has 7 heteroatoms. The Morgan fingerprint density at radius 1 is 1.52 bits per heavy atom. The second kappa shape index (κ2) is 5.95. The first-order valence-corrected chi connectivity index (χ1v) is 7.81. The minimum atomic E-state index is -0.199. The Bertz CT molecular complexity index is 682. The molecule has 21 heavy (non-hydrogen) atoms. The zero-order chi connectivity index (χ0) is 14.8. The molecule has 1 aromatic heterocycles. The van der Waals surface area contributed by atoms with Crippen molar-refractivity contribution in [1.29, 1.82) is 0 Å². The van der Waals surface area contributed by atoms with Gasteiger partial charge in [0, 0.05) is 12.6 Å². The van der Waals surface area contributed by atoms with Crippen LogP contribution in [-0.4, -0.2) is 33.2 Å². The van der Waals surface area contributed by atoms with Crippen LogP contribution in [0.2, 0.25) is 0 Å². The fraction of sp³-hybridized carbons (Fsp3) is 0.429. The van der Waals surface area contributed by atoms with Crippen LogP contribution in [0.25, 0.3) is 0 Å². The summed E-state index contributed by atoms with van der Waals surface area (Å²) in [7, 11) is 1.72. The molecule has 112 valence electrons. The summed E-state index contributed by atoms with van der Waals surface area (Å²) in [6, 6.07) is 8.25. The number of ether oxygens (including phenoxy) is 1. The molecule has 0 radical (unpaired) electrons. The number of hydrogen-bond acceptors (Lipinski definition) is 5. The van der Waals surface area contributed by atoms with E-state index in [0.29, 0.717) is 11.8 Å². The number of benzene rings is 1. The second-order valence-electron chi connectivity index (χ2n) is 4.91. The number of para-hydroxylation sites is 1. The van der Waals surface area contributed by atoms with Crippen LogP contribution in [0.5, 0.6) is 5.75 Å². The van der Waals surface area contributed by atoms with Crippen molar-refractivity contribution in [3.05, 3.63) is 40.3 Å². The van der Waals surface area contributed by atoms with E-state index in [2.05, 4.69) is 28.5 Å². The van der Waals surface area contributed by atoms with Gasteiger partial charge in [0.25, 0.3) is 0 Å². The van der Waals surface area contributed by atoms with Gasteiger partial charge in [0.1, 0.15) is 12.4 Å². The fourth-order valence-corrected chi connectivity index (χ4v) is 3.60. The summed E-state index contributed by atoms with van der Waals surface area (Å²) in [5, 5.41) is 10.9. The monoisotopic (exact) mass is 306 g/mol. The van der Waals surface area contributed by atoms with Crippen LogP contribution in [-0.2, 0) is 7.05 Å². The summed E-state index contributed by atoms with van der Waals surface area (Å²) in [6.45, 7) is 3.54. The number of nitrogens with zero attached hydrogens (tertiary/aromatic N) is 2. The Labute approximate surface area is 126 Å². The maximum atomic E-state index is 11.5. The van der Waals surface area contributed by atoms with Crippen molar-refractivity contribution in [3.8, 4) is 5.75 Å². The molecule has 2 heterocycles. The summed E-state index contributed by atoms with van der Waals surface area (Å²) in [5.74, 6) is 0.927. The lowest BCUT2D eigenvalue weighted by atomic mass is 10.0. The van der Waals surface area contributed by atoms with Crippen LogP contribution in [0.4, 0.5) is 0 Å². The molecule has 6 nitrogen and oxygen atoms in total. The van der Waals surface area contributed by atoms with Crippen molar-refractivity contribution < 1.29 is 4.74 Å². The summed E-state index contributed by atoms with van der Waals surface area (Å²) in [4.78, 5) is 11.5. The van der Waals surface area contributed by atoms with E-state index in [4.69, 9.17) is 4.74 Å². The van der Waals surface area contributed by atoms with E-state index < -0.39 is 0 Å². The molecule has 0 aliphatic carbocycles. The van der Waals surface area contributed by atoms with Crippen LogP contribution in [0.3, 0.4) is 0 Å². The predicted octanol–water partition coefficient (Wildman–Crippen LogP) is 1.31. The molecule has 0 saturated heterocycles. The first kappa shape index (κ1) is 14.2. The minimum absolute atomic E-state index is 0.161. The Kier molecular flexibility index (Phi) is 4.03. The van der Waals surface area contributed by atoms with E-state index in [1.54, 1.807) is 18.8 Å². The highest BCUT2D eigenvalue weighted by molar-refractivity contribution is 7.99. The molecule has 2 N–H and O–H groups in total. The number of aromatic amines is 1. The molecule has 2 atom stereocenters. The maximum Gasteiger partial charge on any atom is 0.343 e. The molecule has 1 aliphatic heterocycles. The van der Waals surface area contributed by atoms with Gasteiger partial charge in [-0.15, -0.1) is 5.10 Å². The van der Waals surface area contributed by atoms with E-state index in [1.807, 2.05) is 18.2 Å². The lowest BCUT2D eigenvalue weighted by Gasteiger charge is -2.33. The molecule has 2 unspecified atom stereocenters. The Balaban J connectivity index is 1.88. The van der Waals surface area contributed by atoms with Crippen LogP contribution in [0.1, 0.15) is 18.5 Å². The molecule has 0 saturated carbocycles. The molecule has 1 aromatic carbocycles. The van der Waals surface area contributed by atoms with Gasteiger partial charge in [-0.05, 0) is 12.6 Å². The number of H-pyrrole nitrogens is 1. The highest BCUT2D eigenvalue weighted by atomic mass is 32.2. The number of fused-ring (bicyclic) bond motifs is 1. The zero-order valence-corrected chi connectivity index (χ0v) is 12.8. The van der Waals surface area contributed by atoms with Gasteiger partial charge in [-0.25, -0.2) is 9.89 Å². The molecule has 3 rings (SSSR count). The van der Waals surface area contributed by atoms with Gasteiger partial charge in [0.05, 0.1) is 11.3 Å². The van der Waals surface area contributed by atoms with E-state index in [0.717, 1.165) is 17.9 Å². The van der Waals surface area contributed by atoms with Crippen molar-refractivity contribution in [2.24, 2.45) is 7.05 Å². The summed E-state index contributed by atoms with van der Waals surface area (Å²) >= 11 is 1.56. The number of rotatable bonds is 4. The van der Waals surface area contributed by atoms with Gasteiger partial charge in [-0.3, -0.25) is 4.57 Å². The van der Waals surface area contributed by atoms with E-state index in [1.165, 1.54) is 4.57 Å². The minimum Gasteiger partial charge on any atom is -0.492 e. The van der Waals surface area contributed by atoms with Gasteiger partial charge < -0.3 is 10.1 Å². The zero-order valence-electron chi connectivity index (χ0n) is 12.0. The van der Waals surface area contributed by atoms with E-state index in [-0.39, 0.29) is 17.0 Å². The molecule has 0 amide bonds. The Morgan fingerprint density at radius 3 is 3.05 bits per heavy atom. The molecular weight excluding hydrogens is 288 g/mol. The average Bonchev–Trinajstić information content (AvgIpc) is 2.82. The first-order chi connectivity index (χ1) is 10.2. The van der Waals surface area contributed by atoms with Gasteiger partial charge in [0.15, 0.2) is 5.16 Å². The summed E-state index contributed by atoms with van der Waals surface area (Å²) < 4.78 is 7.37. The second-order valence-corrected chi connectivity index (χ2v) is 6.12. The molecule has 0 spiro atoms. The van der Waals surface area contributed by atoms with Crippen LogP contribution in [0, 0.1) is 0 Å². The highest BCUT2D eigenvalue weighted by Gasteiger charge is 2.32. The van der Waals surface area contributed by atoms with Crippen molar-refractivity contribution in [1.82, 2.24) is 20.1 Å². The number of aromatic nitrogens is 3. The summed E-state index contributed by atoms with van der Waals surface area (Å²) in [6.07, 6.45) is 0.